The van der Waals surface area contributed by atoms with Gasteiger partial charge in [-0.1, -0.05) is 18.2 Å². The van der Waals surface area contributed by atoms with Crippen LogP contribution in [-0.4, -0.2) is 10.9 Å². The lowest BCUT2D eigenvalue weighted by molar-refractivity contribution is 0.0946. The van der Waals surface area contributed by atoms with Gasteiger partial charge in [0.05, 0.1) is 17.8 Å². The maximum atomic E-state index is 13.4. The Balaban J connectivity index is 2.03. The van der Waals surface area contributed by atoms with Crippen molar-refractivity contribution in [3.63, 3.8) is 0 Å². The summed E-state index contributed by atoms with van der Waals surface area (Å²) in [6, 6.07) is 11.5. The highest BCUT2D eigenvalue weighted by Gasteiger charge is 2.10. The maximum Gasteiger partial charge on any atom is 0.254 e. The van der Waals surface area contributed by atoms with Crippen LogP contribution in [0.1, 0.15) is 21.7 Å². The Labute approximate surface area is 105 Å². The Kier molecular flexibility index (Phi) is 3.67. The monoisotopic (exact) mass is 244 g/mol. The Morgan fingerprint density at radius 3 is 2.72 bits per heavy atom. The first-order chi connectivity index (χ1) is 8.66. The molecule has 2 aromatic rings. The van der Waals surface area contributed by atoms with Gasteiger partial charge >= 0.3 is 0 Å². The first-order valence-electron chi connectivity index (χ1n) is 5.62. The predicted octanol–water partition coefficient (Wildman–Crippen LogP) is 2.46. The number of aryl methyl sites for hydroxylation is 1. The number of benzene rings is 1. The van der Waals surface area contributed by atoms with Crippen molar-refractivity contribution in [1.29, 1.82) is 0 Å². The maximum absolute atomic E-state index is 13.4. The van der Waals surface area contributed by atoms with Crippen LogP contribution < -0.4 is 5.32 Å². The van der Waals surface area contributed by atoms with Crippen LogP contribution in [0.4, 0.5) is 4.39 Å². The molecule has 1 N–H and O–H groups in total. The molecule has 1 aromatic carbocycles. The van der Waals surface area contributed by atoms with Gasteiger partial charge in [0.15, 0.2) is 0 Å². The molecule has 0 aliphatic rings. The SMILES string of the molecule is Cc1cccc(CNC(=O)c2ccccc2F)n1. The average Bonchev–Trinajstić information content (AvgIpc) is 2.37. The number of nitrogens with zero attached hydrogens (tertiary/aromatic N) is 1. The van der Waals surface area contributed by atoms with Gasteiger partial charge in [-0.3, -0.25) is 9.78 Å². The standard InChI is InChI=1S/C14H13FN2O/c1-10-5-4-6-11(17-10)9-16-14(18)12-7-2-3-8-13(12)15/h2-8H,9H2,1H3,(H,16,18). The Morgan fingerprint density at radius 2 is 2.00 bits per heavy atom. The molecule has 92 valence electrons. The number of hydrogen-bond acceptors (Lipinski definition) is 2. The van der Waals surface area contributed by atoms with Crippen molar-refractivity contribution in [1.82, 2.24) is 10.3 Å². The molecule has 0 saturated heterocycles. The molecule has 0 saturated carbocycles. The molecule has 0 bridgehead atoms. The van der Waals surface area contributed by atoms with Crippen LogP contribution in [0.2, 0.25) is 0 Å². The largest absolute Gasteiger partial charge is 0.346 e. The smallest absolute Gasteiger partial charge is 0.254 e. The number of hydrogen-bond donors (Lipinski definition) is 1. The normalized spacial score (nSPS) is 10.1. The second kappa shape index (κ2) is 5.40. The molecule has 0 atom stereocenters. The van der Waals surface area contributed by atoms with E-state index in [1.807, 2.05) is 25.1 Å². The highest BCUT2D eigenvalue weighted by Crippen LogP contribution is 2.06. The number of carbonyl (C=O) groups is 1. The van der Waals surface area contributed by atoms with Crippen LogP contribution in [-0.2, 0) is 6.54 Å². The molecular formula is C14H13FN2O. The first-order valence-corrected chi connectivity index (χ1v) is 5.62. The van der Waals surface area contributed by atoms with Crippen LogP contribution >= 0.6 is 0 Å². The summed E-state index contributed by atoms with van der Waals surface area (Å²) in [6.07, 6.45) is 0. The third-order valence-electron chi connectivity index (χ3n) is 2.49. The second-order valence-electron chi connectivity index (χ2n) is 3.93. The zero-order valence-electron chi connectivity index (χ0n) is 9.98. The zero-order valence-corrected chi connectivity index (χ0v) is 9.98. The number of aromatic nitrogens is 1. The lowest BCUT2D eigenvalue weighted by atomic mass is 10.2. The Bertz CT molecular complexity index is 569. The molecule has 3 nitrogen and oxygen atoms in total. The van der Waals surface area contributed by atoms with Gasteiger partial charge in [-0.15, -0.1) is 0 Å². The Morgan fingerprint density at radius 1 is 1.22 bits per heavy atom. The van der Waals surface area contributed by atoms with Gasteiger partial charge < -0.3 is 5.32 Å². The van der Waals surface area contributed by atoms with Crippen LogP contribution in [0.5, 0.6) is 0 Å². The quantitative estimate of drug-likeness (QED) is 0.901. The second-order valence-corrected chi connectivity index (χ2v) is 3.93. The molecule has 0 spiro atoms. The summed E-state index contributed by atoms with van der Waals surface area (Å²) in [4.78, 5) is 16.0. The minimum Gasteiger partial charge on any atom is -0.346 e. The van der Waals surface area contributed by atoms with E-state index in [1.165, 1.54) is 12.1 Å². The summed E-state index contributed by atoms with van der Waals surface area (Å²) in [5.74, 6) is -0.955. The van der Waals surface area contributed by atoms with E-state index in [9.17, 15) is 9.18 Å². The lowest BCUT2D eigenvalue weighted by Gasteiger charge is -2.06. The van der Waals surface area contributed by atoms with Crippen LogP contribution in [0.25, 0.3) is 0 Å². The van der Waals surface area contributed by atoms with Crippen molar-refractivity contribution < 1.29 is 9.18 Å². The molecule has 4 heteroatoms. The van der Waals surface area contributed by atoms with Crippen LogP contribution in [0.15, 0.2) is 42.5 Å². The molecule has 0 unspecified atom stereocenters. The third-order valence-corrected chi connectivity index (χ3v) is 2.49. The van der Waals surface area contributed by atoms with Gasteiger partial charge in [0.25, 0.3) is 5.91 Å². The van der Waals surface area contributed by atoms with E-state index >= 15 is 0 Å². The molecule has 0 aliphatic carbocycles. The fraction of sp³-hybridized carbons (Fsp3) is 0.143. The summed E-state index contributed by atoms with van der Waals surface area (Å²) >= 11 is 0. The van der Waals surface area contributed by atoms with Crippen molar-refractivity contribution in [2.75, 3.05) is 0 Å². The number of amides is 1. The highest BCUT2D eigenvalue weighted by molar-refractivity contribution is 5.94. The average molecular weight is 244 g/mol. The molecule has 0 aliphatic heterocycles. The van der Waals surface area contributed by atoms with E-state index in [1.54, 1.807) is 12.1 Å². The molecule has 18 heavy (non-hydrogen) atoms. The van der Waals surface area contributed by atoms with E-state index in [0.717, 1.165) is 11.4 Å². The Hall–Kier alpha value is -2.23. The molecule has 1 heterocycles. The van der Waals surface area contributed by atoms with Gasteiger partial charge in [0.1, 0.15) is 5.82 Å². The summed E-state index contributed by atoms with van der Waals surface area (Å²) in [6.45, 7) is 2.16. The van der Waals surface area contributed by atoms with Gasteiger partial charge in [-0.2, -0.15) is 0 Å². The van der Waals surface area contributed by atoms with Gasteiger partial charge in [-0.25, -0.2) is 4.39 Å². The van der Waals surface area contributed by atoms with Crippen LogP contribution in [0, 0.1) is 12.7 Å². The van der Waals surface area contributed by atoms with E-state index in [0.29, 0.717) is 0 Å². The molecule has 0 radical (unpaired) electrons. The topological polar surface area (TPSA) is 42.0 Å². The number of carbonyl (C=O) groups excluding carboxylic acids is 1. The third kappa shape index (κ3) is 2.91. The number of nitrogens with one attached hydrogen (secondary N) is 1. The molecule has 0 fully saturated rings. The van der Waals surface area contributed by atoms with Crippen molar-refractivity contribution in [3.05, 3.63) is 65.2 Å². The van der Waals surface area contributed by atoms with E-state index in [2.05, 4.69) is 10.3 Å². The van der Waals surface area contributed by atoms with Gasteiger partial charge in [-0.05, 0) is 31.2 Å². The van der Waals surface area contributed by atoms with E-state index in [-0.39, 0.29) is 12.1 Å². The number of halogens is 1. The van der Waals surface area contributed by atoms with E-state index in [4.69, 9.17) is 0 Å². The minimum atomic E-state index is -0.521. The fourth-order valence-corrected chi connectivity index (χ4v) is 1.61. The van der Waals surface area contributed by atoms with Gasteiger partial charge in [0, 0.05) is 5.69 Å². The number of pyridine rings is 1. The van der Waals surface area contributed by atoms with Crippen LogP contribution in [0.3, 0.4) is 0 Å². The van der Waals surface area contributed by atoms with Crippen molar-refractivity contribution in [2.45, 2.75) is 13.5 Å². The summed E-state index contributed by atoms with van der Waals surface area (Å²) in [5.41, 5.74) is 1.68. The number of rotatable bonds is 3. The molecule has 1 aromatic heterocycles. The molecule has 1 amide bonds. The zero-order chi connectivity index (χ0) is 13.0. The minimum absolute atomic E-state index is 0.0464. The summed E-state index contributed by atoms with van der Waals surface area (Å²) in [5, 5.41) is 2.64. The predicted molar refractivity (Wildman–Crippen MR) is 66.5 cm³/mol. The highest BCUT2D eigenvalue weighted by atomic mass is 19.1. The van der Waals surface area contributed by atoms with Crippen molar-refractivity contribution >= 4 is 5.91 Å². The fourth-order valence-electron chi connectivity index (χ4n) is 1.61. The summed E-state index contributed by atoms with van der Waals surface area (Å²) in [7, 11) is 0. The van der Waals surface area contributed by atoms with Gasteiger partial charge in [0.2, 0.25) is 0 Å². The van der Waals surface area contributed by atoms with Crippen molar-refractivity contribution in [3.8, 4) is 0 Å². The van der Waals surface area contributed by atoms with Crippen molar-refractivity contribution in [2.24, 2.45) is 0 Å². The first kappa shape index (κ1) is 12.2. The molecule has 2 rings (SSSR count). The summed E-state index contributed by atoms with van der Waals surface area (Å²) < 4.78 is 13.4. The lowest BCUT2D eigenvalue weighted by Crippen LogP contribution is -2.24. The molecular weight excluding hydrogens is 231 g/mol. The van der Waals surface area contributed by atoms with E-state index < -0.39 is 11.7 Å².